The first-order valence-electron chi connectivity index (χ1n) is 9.11. The van der Waals surface area contributed by atoms with Crippen LogP contribution in [-0.2, 0) is 13.1 Å². The summed E-state index contributed by atoms with van der Waals surface area (Å²) < 4.78 is 1.90. The Hall–Kier alpha value is -3.00. The van der Waals surface area contributed by atoms with Crippen LogP contribution in [0.4, 0.5) is 11.6 Å². The normalized spacial score (nSPS) is 13.1. The number of nitrogens with zero attached hydrogens (tertiary/aromatic N) is 7. The van der Waals surface area contributed by atoms with Crippen molar-refractivity contribution in [1.29, 1.82) is 0 Å². The maximum atomic E-state index is 13.1. The Labute approximate surface area is 167 Å². The summed E-state index contributed by atoms with van der Waals surface area (Å²) in [6.07, 6.45) is 1.66. The molecule has 1 amide bonds. The molecule has 0 atom stereocenters. The Morgan fingerprint density at radius 3 is 2.82 bits per heavy atom. The zero-order valence-corrected chi connectivity index (χ0v) is 16.7. The van der Waals surface area contributed by atoms with Crippen LogP contribution in [0.25, 0.3) is 11.5 Å². The van der Waals surface area contributed by atoms with Crippen molar-refractivity contribution in [3.8, 4) is 11.5 Å². The first kappa shape index (κ1) is 18.4. The van der Waals surface area contributed by atoms with Crippen molar-refractivity contribution in [2.24, 2.45) is 0 Å². The molecule has 4 rings (SSSR count). The third kappa shape index (κ3) is 2.99. The summed E-state index contributed by atoms with van der Waals surface area (Å²) in [5, 5.41) is 8.45. The zero-order chi connectivity index (χ0) is 19.8. The lowest BCUT2D eigenvalue weighted by molar-refractivity contribution is 0.0996. The Morgan fingerprint density at radius 2 is 2.07 bits per heavy atom. The van der Waals surface area contributed by atoms with Crippen LogP contribution in [0.1, 0.15) is 29.8 Å². The van der Waals surface area contributed by atoms with Gasteiger partial charge in [-0.25, -0.2) is 9.97 Å². The van der Waals surface area contributed by atoms with E-state index in [-0.39, 0.29) is 5.91 Å². The molecular formula is C19H20ClN7O. The van der Waals surface area contributed by atoms with Gasteiger partial charge >= 0.3 is 0 Å². The second-order valence-electron chi connectivity index (χ2n) is 6.52. The number of pyridine rings is 2. The van der Waals surface area contributed by atoms with E-state index in [0.29, 0.717) is 40.4 Å². The molecule has 0 N–H and O–H groups in total. The number of halogens is 1. The first-order valence-corrected chi connectivity index (χ1v) is 9.48. The topological polar surface area (TPSA) is 80.0 Å². The lowest BCUT2D eigenvalue weighted by atomic mass is 10.2. The third-order valence-electron chi connectivity index (χ3n) is 4.91. The molecule has 8 nitrogen and oxygen atoms in total. The third-order valence-corrected chi connectivity index (χ3v) is 5.23. The van der Waals surface area contributed by atoms with Crippen molar-refractivity contribution in [1.82, 2.24) is 24.7 Å². The number of aromatic nitrogens is 5. The van der Waals surface area contributed by atoms with E-state index in [0.717, 1.165) is 18.7 Å². The van der Waals surface area contributed by atoms with Gasteiger partial charge in [0.25, 0.3) is 5.91 Å². The van der Waals surface area contributed by atoms with Crippen LogP contribution in [0.3, 0.4) is 0 Å². The smallest absolute Gasteiger partial charge is 0.260 e. The van der Waals surface area contributed by atoms with Gasteiger partial charge in [0.2, 0.25) is 0 Å². The van der Waals surface area contributed by atoms with E-state index in [4.69, 9.17) is 11.6 Å². The summed E-state index contributed by atoms with van der Waals surface area (Å²) >= 11 is 6.39. The highest BCUT2D eigenvalue weighted by molar-refractivity contribution is 6.31. The van der Waals surface area contributed by atoms with Gasteiger partial charge in [-0.15, -0.1) is 10.2 Å². The minimum absolute atomic E-state index is 0.133. The number of hydrogen-bond donors (Lipinski definition) is 0. The van der Waals surface area contributed by atoms with E-state index in [9.17, 15) is 4.79 Å². The molecule has 9 heteroatoms. The van der Waals surface area contributed by atoms with Crippen molar-refractivity contribution >= 4 is 29.1 Å². The number of anilines is 2. The molecule has 3 aromatic rings. The molecule has 1 aliphatic rings. The second-order valence-corrected chi connectivity index (χ2v) is 6.88. The fourth-order valence-corrected chi connectivity index (χ4v) is 3.42. The van der Waals surface area contributed by atoms with Gasteiger partial charge in [-0.1, -0.05) is 17.7 Å². The van der Waals surface area contributed by atoms with E-state index in [2.05, 4.69) is 20.2 Å². The zero-order valence-electron chi connectivity index (χ0n) is 15.9. The Morgan fingerprint density at radius 1 is 1.25 bits per heavy atom. The minimum Gasteiger partial charge on any atom is -0.360 e. The van der Waals surface area contributed by atoms with Gasteiger partial charge in [-0.2, -0.15) is 0 Å². The Kier molecular flexibility index (Phi) is 4.72. The molecule has 0 spiro atoms. The van der Waals surface area contributed by atoms with Gasteiger partial charge in [-0.3, -0.25) is 9.69 Å². The molecule has 144 valence electrons. The van der Waals surface area contributed by atoms with Crippen molar-refractivity contribution in [2.75, 3.05) is 23.4 Å². The molecule has 4 heterocycles. The van der Waals surface area contributed by atoms with Gasteiger partial charge in [0.1, 0.15) is 28.8 Å². The number of fused-ring (bicyclic) bond motifs is 1. The predicted octanol–water partition coefficient (Wildman–Crippen LogP) is 3.02. The lowest BCUT2D eigenvalue weighted by Crippen LogP contribution is -2.24. The van der Waals surface area contributed by atoms with E-state index < -0.39 is 0 Å². The van der Waals surface area contributed by atoms with Gasteiger partial charge in [0.05, 0.1) is 12.1 Å². The minimum atomic E-state index is -0.133. The molecule has 0 unspecified atom stereocenters. The van der Waals surface area contributed by atoms with Gasteiger partial charge < -0.3 is 9.47 Å². The monoisotopic (exact) mass is 397 g/mol. The van der Waals surface area contributed by atoms with E-state index >= 15 is 0 Å². The summed E-state index contributed by atoms with van der Waals surface area (Å²) in [6, 6.07) is 7.32. The number of aryl methyl sites for hydroxylation is 1. The van der Waals surface area contributed by atoms with Gasteiger partial charge in [-0.05, 0) is 32.0 Å². The number of carbonyl (C=O) groups excluding carboxylic acids is 1. The van der Waals surface area contributed by atoms with Crippen LogP contribution in [0.2, 0.25) is 5.15 Å². The summed E-state index contributed by atoms with van der Waals surface area (Å²) in [6.45, 7) is 5.87. The molecule has 0 aliphatic carbocycles. The summed E-state index contributed by atoms with van der Waals surface area (Å²) in [7, 11) is 1.91. The van der Waals surface area contributed by atoms with E-state index in [1.54, 1.807) is 23.4 Å². The fraction of sp³-hybridized carbons (Fsp3) is 0.316. The number of carbonyl (C=O) groups is 1. The molecule has 3 aromatic heterocycles. The fourth-order valence-electron chi connectivity index (χ4n) is 3.17. The van der Waals surface area contributed by atoms with Crippen LogP contribution >= 0.6 is 11.6 Å². The maximum Gasteiger partial charge on any atom is 0.260 e. The summed E-state index contributed by atoms with van der Waals surface area (Å²) in [4.78, 5) is 25.7. The standard InChI is InChI=1S/C19H20ClN7O/c1-4-25(3)16-9-12-13(17(20)23-16)10-27(19(12)28)15-8-6-7-14(22-15)18-24-21-11-26(18)5-2/h6-9,11H,4-5,10H2,1-3H3. The molecule has 0 bridgehead atoms. The molecule has 0 fully saturated rings. The SMILES string of the molecule is CCN(C)c1cc2c(c(Cl)n1)CN(c1cccc(-c3nncn3CC)n1)C2=O. The molecular weight excluding hydrogens is 378 g/mol. The Bertz CT molecular complexity index is 1050. The van der Waals surface area contributed by atoms with Crippen LogP contribution in [-0.4, -0.2) is 44.2 Å². The van der Waals surface area contributed by atoms with Crippen molar-refractivity contribution in [2.45, 2.75) is 26.9 Å². The summed E-state index contributed by atoms with van der Waals surface area (Å²) in [5.74, 6) is 1.76. The second kappa shape index (κ2) is 7.20. The highest BCUT2D eigenvalue weighted by Gasteiger charge is 2.33. The lowest BCUT2D eigenvalue weighted by Gasteiger charge is -2.16. The quantitative estimate of drug-likeness (QED) is 0.615. The van der Waals surface area contributed by atoms with Crippen molar-refractivity contribution in [3.63, 3.8) is 0 Å². The highest BCUT2D eigenvalue weighted by Crippen LogP contribution is 2.33. The molecule has 28 heavy (non-hydrogen) atoms. The largest absolute Gasteiger partial charge is 0.360 e. The summed E-state index contributed by atoms with van der Waals surface area (Å²) in [5.41, 5.74) is 1.96. The molecule has 0 radical (unpaired) electrons. The van der Waals surface area contributed by atoms with Crippen molar-refractivity contribution in [3.05, 3.63) is 46.9 Å². The highest BCUT2D eigenvalue weighted by atomic mass is 35.5. The average Bonchev–Trinajstić information content (AvgIpc) is 3.32. The van der Waals surface area contributed by atoms with Crippen molar-refractivity contribution < 1.29 is 4.79 Å². The molecule has 0 saturated heterocycles. The van der Waals surface area contributed by atoms with E-state index in [1.807, 2.05) is 42.5 Å². The van der Waals surface area contributed by atoms with Gasteiger partial charge in [0.15, 0.2) is 5.82 Å². The van der Waals surface area contributed by atoms with Crippen LogP contribution in [0, 0.1) is 0 Å². The number of rotatable bonds is 5. The molecule has 0 saturated carbocycles. The Balaban J connectivity index is 1.71. The first-order chi connectivity index (χ1) is 13.5. The molecule has 0 aromatic carbocycles. The number of hydrogen-bond acceptors (Lipinski definition) is 6. The van der Waals surface area contributed by atoms with E-state index in [1.165, 1.54) is 0 Å². The maximum absolute atomic E-state index is 13.1. The average molecular weight is 398 g/mol. The van der Waals surface area contributed by atoms with Crippen LogP contribution in [0.15, 0.2) is 30.6 Å². The predicted molar refractivity (Wildman–Crippen MR) is 108 cm³/mol. The van der Waals surface area contributed by atoms with Gasteiger partial charge in [0, 0.05) is 25.7 Å². The molecule has 1 aliphatic heterocycles. The number of amides is 1. The van der Waals surface area contributed by atoms with Crippen LogP contribution < -0.4 is 9.80 Å². The van der Waals surface area contributed by atoms with Crippen LogP contribution in [0.5, 0.6) is 0 Å².